The third-order valence-electron chi connectivity index (χ3n) is 4.33. The van der Waals surface area contributed by atoms with Gasteiger partial charge in [-0.25, -0.2) is 4.68 Å². The van der Waals surface area contributed by atoms with Gasteiger partial charge in [0, 0.05) is 25.8 Å². The standard InChI is InChI=1S/C16H23N5O/c1-2-13-3-4-14(17-9-13)10-20-7-5-16(6-8-20)21-11-15(12-22)18-19-21/h3-4,9,11,16,22H,2,5-8,10,12H2,1H3. The van der Waals surface area contributed by atoms with Gasteiger partial charge < -0.3 is 5.11 Å². The van der Waals surface area contributed by atoms with Crippen molar-refractivity contribution >= 4 is 0 Å². The smallest absolute Gasteiger partial charge is 0.108 e. The monoisotopic (exact) mass is 301 g/mol. The SMILES string of the molecule is CCc1ccc(CN2CCC(n3cc(CO)nn3)CC2)nc1. The maximum Gasteiger partial charge on any atom is 0.108 e. The molecular weight excluding hydrogens is 278 g/mol. The number of aryl methyl sites for hydroxylation is 1. The molecule has 0 radical (unpaired) electrons. The average Bonchev–Trinajstić information content (AvgIpc) is 3.05. The van der Waals surface area contributed by atoms with Crippen LogP contribution in [0.3, 0.4) is 0 Å². The fourth-order valence-electron chi connectivity index (χ4n) is 2.89. The van der Waals surface area contributed by atoms with E-state index >= 15 is 0 Å². The molecule has 6 heteroatoms. The largest absolute Gasteiger partial charge is 0.390 e. The molecule has 2 aromatic rings. The quantitative estimate of drug-likeness (QED) is 0.908. The number of hydrogen-bond donors (Lipinski definition) is 1. The molecule has 118 valence electrons. The number of aliphatic hydroxyl groups is 1. The Hall–Kier alpha value is -1.79. The van der Waals surface area contributed by atoms with Crippen molar-refractivity contribution in [1.82, 2.24) is 24.9 Å². The van der Waals surface area contributed by atoms with E-state index in [1.54, 1.807) is 0 Å². The van der Waals surface area contributed by atoms with Gasteiger partial charge in [-0.05, 0) is 30.9 Å². The molecule has 3 heterocycles. The van der Waals surface area contributed by atoms with E-state index in [0.717, 1.165) is 44.6 Å². The summed E-state index contributed by atoms with van der Waals surface area (Å²) in [7, 11) is 0. The van der Waals surface area contributed by atoms with Gasteiger partial charge in [-0.1, -0.05) is 18.2 Å². The zero-order valence-corrected chi connectivity index (χ0v) is 13.0. The van der Waals surface area contributed by atoms with Crippen molar-refractivity contribution in [2.45, 2.75) is 45.4 Å². The van der Waals surface area contributed by atoms with Gasteiger partial charge >= 0.3 is 0 Å². The summed E-state index contributed by atoms with van der Waals surface area (Å²) in [5.41, 5.74) is 3.06. The van der Waals surface area contributed by atoms with E-state index in [9.17, 15) is 0 Å². The summed E-state index contributed by atoms with van der Waals surface area (Å²) in [5.74, 6) is 0. The van der Waals surface area contributed by atoms with Crippen LogP contribution in [0.1, 0.15) is 42.8 Å². The second-order valence-corrected chi connectivity index (χ2v) is 5.87. The number of pyridine rings is 1. The molecule has 0 spiro atoms. The van der Waals surface area contributed by atoms with E-state index in [4.69, 9.17) is 5.11 Å². The minimum atomic E-state index is -0.0434. The molecule has 0 amide bonds. The van der Waals surface area contributed by atoms with E-state index in [1.165, 1.54) is 5.56 Å². The van der Waals surface area contributed by atoms with Gasteiger partial charge in [0.1, 0.15) is 5.69 Å². The van der Waals surface area contributed by atoms with Crippen LogP contribution < -0.4 is 0 Å². The number of aromatic nitrogens is 4. The molecule has 1 N–H and O–H groups in total. The molecule has 0 saturated carbocycles. The predicted molar refractivity (Wildman–Crippen MR) is 83.1 cm³/mol. The van der Waals surface area contributed by atoms with Gasteiger partial charge in [-0.3, -0.25) is 9.88 Å². The molecule has 0 unspecified atom stereocenters. The highest BCUT2D eigenvalue weighted by molar-refractivity contribution is 5.13. The molecule has 1 aliphatic rings. The maximum absolute atomic E-state index is 9.06. The van der Waals surface area contributed by atoms with Gasteiger partial charge in [-0.15, -0.1) is 5.10 Å². The van der Waals surface area contributed by atoms with Crippen LogP contribution in [0, 0.1) is 0 Å². The Balaban J connectivity index is 1.52. The van der Waals surface area contributed by atoms with Crippen LogP contribution in [-0.2, 0) is 19.6 Å². The van der Waals surface area contributed by atoms with Crippen LogP contribution in [0.25, 0.3) is 0 Å². The summed E-state index contributed by atoms with van der Waals surface area (Å²) in [5, 5.41) is 17.1. The van der Waals surface area contributed by atoms with Crippen LogP contribution in [0.4, 0.5) is 0 Å². The van der Waals surface area contributed by atoms with Gasteiger partial charge in [0.2, 0.25) is 0 Å². The summed E-state index contributed by atoms with van der Waals surface area (Å²) in [6.45, 7) is 5.09. The van der Waals surface area contributed by atoms with Crippen LogP contribution >= 0.6 is 0 Å². The molecule has 1 aliphatic heterocycles. The van der Waals surface area contributed by atoms with Crippen molar-refractivity contribution in [2.75, 3.05) is 13.1 Å². The summed E-state index contributed by atoms with van der Waals surface area (Å²) >= 11 is 0. The number of hydrogen-bond acceptors (Lipinski definition) is 5. The normalized spacial score (nSPS) is 17.0. The highest BCUT2D eigenvalue weighted by Gasteiger charge is 2.21. The van der Waals surface area contributed by atoms with Crippen LogP contribution in [0.2, 0.25) is 0 Å². The lowest BCUT2D eigenvalue weighted by molar-refractivity contribution is 0.170. The molecule has 22 heavy (non-hydrogen) atoms. The topological polar surface area (TPSA) is 67.1 Å². The van der Waals surface area contributed by atoms with Gasteiger partial charge in [0.15, 0.2) is 0 Å². The second-order valence-electron chi connectivity index (χ2n) is 5.87. The van der Waals surface area contributed by atoms with Crippen molar-refractivity contribution < 1.29 is 5.11 Å². The number of nitrogens with zero attached hydrogens (tertiary/aromatic N) is 5. The molecule has 0 bridgehead atoms. The second kappa shape index (κ2) is 6.98. The molecule has 2 aromatic heterocycles. The predicted octanol–water partition coefficient (Wildman–Crippen LogP) is 1.56. The number of aliphatic hydroxyl groups excluding tert-OH is 1. The molecular formula is C16H23N5O. The average molecular weight is 301 g/mol. The Bertz CT molecular complexity index is 587. The Kier molecular flexibility index (Phi) is 4.80. The highest BCUT2D eigenvalue weighted by Crippen LogP contribution is 2.22. The number of likely N-dealkylation sites (tertiary alicyclic amines) is 1. The van der Waals surface area contributed by atoms with Gasteiger partial charge in [-0.2, -0.15) is 0 Å². The number of rotatable bonds is 5. The first-order valence-electron chi connectivity index (χ1n) is 7.96. The zero-order chi connectivity index (χ0) is 15.4. The van der Waals surface area contributed by atoms with Gasteiger partial charge in [0.25, 0.3) is 0 Å². The molecule has 1 saturated heterocycles. The van der Waals surface area contributed by atoms with Crippen molar-refractivity contribution in [3.8, 4) is 0 Å². The van der Waals surface area contributed by atoms with Crippen molar-refractivity contribution in [1.29, 1.82) is 0 Å². The summed E-state index contributed by atoms with van der Waals surface area (Å²) < 4.78 is 1.90. The first kappa shape index (κ1) is 15.1. The summed E-state index contributed by atoms with van der Waals surface area (Å²) in [6.07, 6.45) is 6.98. The fraction of sp³-hybridized carbons (Fsp3) is 0.562. The van der Waals surface area contributed by atoms with Gasteiger partial charge in [0.05, 0.1) is 24.5 Å². The fourth-order valence-corrected chi connectivity index (χ4v) is 2.89. The zero-order valence-electron chi connectivity index (χ0n) is 13.0. The van der Waals surface area contributed by atoms with Crippen LogP contribution in [0.5, 0.6) is 0 Å². The Morgan fingerprint density at radius 1 is 1.23 bits per heavy atom. The summed E-state index contributed by atoms with van der Waals surface area (Å²) in [4.78, 5) is 6.98. The molecule has 0 atom stereocenters. The lowest BCUT2D eigenvalue weighted by atomic mass is 10.0. The van der Waals surface area contributed by atoms with Crippen molar-refractivity contribution in [3.63, 3.8) is 0 Å². The minimum absolute atomic E-state index is 0.0434. The maximum atomic E-state index is 9.06. The lowest BCUT2D eigenvalue weighted by Gasteiger charge is -2.31. The van der Waals surface area contributed by atoms with Crippen LogP contribution in [0.15, 0.2) is 24.5 Å². The molecule has 0 aliphatic carbocycles. The lowest BCUT2D eigenvalue weighted by Crippen LogP contribution is -2.34. The Morgan fingerprint density at radius 3 is 2.64 bits per heavy atom. The van der Waals surface area contributed by atoms with Crippen molar-refractivity contribution in [3.05, 3.63) is 41.5 Å². The first-order valence-corrected chi connectivity index (χ1v) is 7.96. The summed E-state index contributed by atoms with van der Waals surface area (Å²) in [6, 6.07) is 4.69. The highest BCUT2D eigenvalue weighted by atomic mass is 16.3. The molecule has 6 nitrogen and oxygen atoms in total. The Labute approximate surface area is 130 Å². The first-order chi connectivity index (χ1) is 10.8. The van der Waals surface area contributed by atoms with Crippen LogP contribution in [-0.4, -0.2) is 43.1 Å². The van der Waals surface area contributed by atoms with E-state index < -0.39 is 0 Å². The molecule has 0 aromatic carbocycles. The van der Waals surface area contributed by atoms with E-state index in [2.05, 4.69) is 39.3 Å². The van der Waals surface area contributed by atoms with E-state index in [1.807, 2.05) is 17.1 Å². The Morgan fingerprint density at radius 2 is 2.05 bits per heavy atom. The van der Waals surface area contributed by atoms with E-state index in [-0.39, 0.29) is 6.61 Å². The minimum Gasteiger partial charge on any atom is -0.390 e. The molecule has 1 fully saturated rings. The third-order valence-corrected chi connectivity index (χ3v) is 4.33. The van der Waals surface area contributed by atoms with E-state index in [0.29, 0.717) is 11.7 Å². The number of piperidine rings is 1. The molecule has 3 rings (SSSR count). The third kappa shape index (κ3) is 3.51. The van der Waals surface area contributed by atoms with Crippen molar-refractivity contribution in [2.24, 2.45) is 0 Å².